The molecule has 1 N–H and O–H groups in total. The normalized spacial score (nSPS) is 10.0. The number of nitrogens with zero attached hydrogens (tertiary/aromatic N) is 1. The van der Waals surface area contributed by atoms with Crippen molar-refractivity contribution in [1.82, 2.24) is 10.3 Å². The molecular formula is C8H12N2O2S. The first-order chi connectivity index (χ1) is 6.22. The monoisotopic (exact) mass is 200 g/mol. The highest BCUT2D eigenvalue weighted by Gasteiger charge is 2.01. The van der Waals surface area contributed by atoms with E-state index in [1.807, 2.05) is 6.92 Å². The van der Waals surface area contributed by atoms with Gasteiger partial charge in [-0.2, -0.15) is 0 Å². The number of thiazole rings is 1. The second-order valence-corrected chi connectivity index (χ2v) is 3.87. The molecule has 1 aromatic rings. The van der Waals surface area contributed by atoms with E-state index in [-0.39, 0.29) is 12.5 Å². The molecule has 0 aliphatic heterocycles. The molecule has 0 saturated heterocycles. The summed E-state index contributed by atoms with van der Waals surface area (Å²) in [6, 6.07) is 0. The minimum Gasteiger partial charge on any atom is -0.375 e. The third kappa shape index (κ3) is 3.52. The summed E-state index contributed by atoms with van der Waals surface area (Å²) in [7, 11) is 1.50. The molecule has 0 atom stereocenters. The summed E-state index contributed by atoms with van der Waals surface area (Å²) >= 11 is 1.58. The van der Waals surface area contributed by atoms with Crippen LogP contribution in [0.1, 0.15) is 9.88 Å². The lowest BCUT2D eigenvalue weighted by Crippen LogP contribution is -2.26. The number of aryl methyl sites for hydroxylation is 1. The number of carbonyl (C=O) groups excluding carboxylic acids is 1. The molecule has 0 saturated carbocycles. The quantitative estimate of drug-likeness (QED) is 0.779. The summed E-state index contributed by atoms with van der Waals surface area (Å²) in [6.07, 6.45) is 1.77. The maximum Gasteiger partial charge on any atom is 0.246 e. The molecule has 1 rings (SSSR count). The van der Waals surface area contributed by atoms with E-state index in [1.165, 1.54) is 7.11 Å². The molecule has 0 aromatic carbocycles. The van der Waals surface area contributed by atoms with Gasteiger partial charge in [-0.3, -0.25) is 4.79 Å². The van der Waals surface area contributed by atoms with Crippen molar-refractivity contribution >= 4 is 17.2 Å². The predicted molar refractivity (Wildman–Crippen MR) is 50.6 cm³/mol. The average Bonchev–Trinajstić information content (AvgIpc) is 2.49. The molecule has 1 heterocycles. The Labute approximate surface area is 80.9 Å². The van der Waals surface area contributed by atoms with Gasteiger partial charge in [0.1, 0.15) is 6.61 Å². The van der Waals surface area contributed by atoms with Gasteiger partial charge in [-0.1, -0.05) is 0 Å². The van der Waals surface area contributed by atoms with Crippen molar-refractivity contribution in [1.29, 1.82) is 0 Å². The largest absolute Gasteiger partial charge is 0.375 e. The van der Waals surface area contributed by atoms with Gasteiger partial charge in [-0.05, 0) is 6.92 Å². The highest BCUT2D eigenvalue weighted by atomic mass is 32.1. The van der Waals surface area contributed by atoms with Crippen LogP contribution in [0.5, 0.6) is 0 Å². The van der Waals surface area contributed by atoms with Gasteiger partial charge < -0.3 is 10.1 Å². The fourth-order valence-electron chi connectivity index (χ4n) is 0.855. The van der Waals surface area contributed by atoms with Crippen LogP contribution in [0.3, 0.4) is 0 Å². The molecule has 0 bridgehead atoms. The number of amides is 1. The lowest BCUT2D eigenvalue weighted by Gasteiger charge is -2.00. The van der Waals surface area contributed by atoms with E-state index in [0.717, 1.165) is 9.88 Å². The Morgan fingerprint density at radius 2 is 2.54 bits per heavy atom. The van der Waals surface area contributed by atoms with E-state index in [0.29, 0.717) is 6.54 Å². The number of hydrogen-bond donors (Lipinski definition) is 1. The first-order valence-electron chi connectivity index (χ1n) is 3.89. The third-order valence-corrected chi connectivity index (χ3v) is 2.32. The SMILES string of the molecule is COCC(=O)NCc1cnc(C)s1. The molecule has 13 heavy (non-hydrogen) atoms. The number of aromatic nitrogens is 1. The minimum absolute atomic E-state index is 0.103. The van der Waals surface area contributed by atoms with Gasteiger partial charge in [0.05, 0.1) is 11.6 Å². The number of rotatable bonds is 4. The van der Waals surface area contributed by atoms with Gasteiger partial charge in [0, 0.05) is 18.2 Å². The fraction of sp³-hybridized carbons (Fsp3) is 0.500. The number of nitrogens with one attached hydrogen (secondary N) is 1. The van der Waals surface area contributed by atoms with Gasteiger partial charge in [-0.25, -0.2) is 4.98 Å². The second-order valence-electron chi connectivity index (χ2n) is 2.56. The van der Waals surface area contributed by atoms with E-state index in [1.54, 1.807) is 17.5 Å². The Hall–Kier alpha value is -0.940. The molecule has 1 amide bonds. The van der Waals surface area contributed by atoms with Crippen molar-refractivity contribution in [2.45, 2.75) is 13.5 Å². The smallest absolute Gasteiger partial charge is 0.246 e. The molecular weight excluding hydrogens is 188 g/mol. The average molecular weight is 200 g/mol. The predicted octanol–water partition coefficient (Wildman–Crippen LogP) is 0.714. The Balaban J connectivity index is 2.30. The van der Waals surface area contributed by atoms with Gasteiger partial charge in [0.15, 0.2) is 0 Å². The van der Waals surface area contributed by atoms with E-state index in [2.05, 4.69) is 15.0 Å². The zero-order chi connectivity index (χ0) is 9.68. The maximum atomic E-state index is 11.0. The molecule has 0 radical (unpaired) electrons. The van der Waals surface area contributed by atoms with Crippen molar-refractivity contribution in [2.75, 3.05) is 13.7 Å². The zero-order valence-corrected chi connectivity index (χ0v) is 8.48. The summed E-state index contributed by atoms with van der Waals surface area (Å²) in [5.41, 5.74) is 0. The van der Waals surface area contributed by atoms with Crippen LogP contribution in [-0.2, 0) is 16.1 Å². The highest BCUT2D eigenvalue weighted by Crippen LogP contribution is 2.10. The first kappa shape index (κ1) is 10.1. The van der Waals surface area contributed by atoms with Gasteiger partial charge in [0.2, 0.25) is 5.91 Å². The Bertz CT molecular complexity index is 285. The topological polar surface area (TPSA) is 51.2 Å². The molecule has 4 nitrogen and oxygen atoms in total. The van der Waals surface area contributed by atoms with Crippen LogP contribution in [-0.4, -0.2) is 24.6 Å². The lowest BCUT2D eigenvalue weighted by atomic mass is 10.5. The summed E-state index contributed by atoms with van der Waals surface area (Å²) in [6.45, 7) is 2.58. The van der Waals surface area contributed by atoms with E-state index in [4.69, 9.17) is 0 Å². The summed E-state index contributed by atoms with van der Waals surface area (Å²) in [4.78, 5) is 16.1. The minimum atomic E-state index is -0.103. The molecule has 0 aliphatic carbocycles. The van der Waals surface area contributed by atoms with Crippen LogP contribution >= 0.6 is 11.3 Å². The highest BCUT2D eigenvalue weighted by molar-refractivity contribution is 7.11. The van der Waals surface area contributed by atoms with E-state index >= 15 is 0 Å². The molecule has 1 aromatic heterocycles. The van der Waals surface area contributed by atoms with Gasteiger partial charge in [0.25, 0.3) is 0 Å². The molecule has 0 spiro atoms. The summed E-state index contributed by atoms with van der Waals surface area (Å²) < 4.78 is 4.67. The molecule has 72 valence electrons. The van der Waals surface area contributed by atoms with Crippen molar-refractivity contribution in [3.05, 3.63) is 16.1 Å². The molecule has 0 fully saturated rings. The Morgan fingerprint density at radius 1 is 1.77 bits per heavy atom. The lowest BCUT2D eigenvalue weighted by molar-refractivity contribution is -0.124. The van der Waals surface area contributed by atoms with Crippen LogP contribution in [0.25, 0.3) is 0 Å². The van der Waals surface area contributed by atoms with Gasteiger partial charge >= 0.3 is 0 Å². The number of ether oxygens (including phenoxy) is 1. The van der Waals surface area contributed by atoms with Crippen molar-refractivity contribution in [3.8, 4) is 0 Å². The standard InChI is InChI=1S/C8H12N2O2S/c1-6-9-3-7(13-6)4-10-8(11)5-12-2/h3H,4-5H2,1-2H3,(H,10,11). The van der Waals surface area contributed by atoms with Crippen LogP contribution < -0.4 is 5.32 Å². The second kappa shape index (κ2) is 4.94. The third-order valence-electron chi connectivity index (χ3n) is 1.40. The fourth-order valence-corrected chi connectivity index (χ4v) is 1.59. The number of hydrogen-bond acceptors (Lipinski definition) is 4. The summed E-state index contributed by atoms with van der Waals surface area (Å²) in [5.74, 6) is -0.103. The molecule has 5 heteroatoms. The summed E-state index contributed by atoms with van der Waals surface area (Å²) in [5, 5.41) is 3.73. The zero-order valence-electron chi connectivity index (χ0n) is 7.66. The Morgan fingerprint density at radius 3 is 3.08 bits per heavy atom. The number of methoxy groups -OCH3 is 1. The maximum absolute atomic E-state index is 11.0. The van der Waals surface area contributed by atoms with Crippen LogP contribution in [0.2, 0.25) is 0 Å². The molecule has 0 aliphatic rings. The van der Waals surface area contributed by atoms with Crippen LogP contribution in [0, 0.1) is 6.92 Å². The number of carbonyl (C=O) groups is 1. The Kier molecular flexibility index (Phi) is 3.85. The van der Waals surface area contributed by atoms with Gasteiger partial charge in [-0.15, -0.1) is 11.3 Å². The van der Waals surface area contributed by atoms with Crippen molar-refractivity contribution < 1.29 is 9.53 Å². The molecule has 0 unspecified atom stereocenters. The van der Waals surface area contributed by atoms with Crippen molar-refractivity contribution in [2.24, 2.45) is 0 Å². The van der Waals surface area contributed by atoms with Crippen molar-refractivity contribution in [3.63, 3.8) is 0 Å². The van der Waals surface area contributed by atoms with Crippen LogP contribution in [0.4, 0.5) is 0 Å². The van der Waals surface area contributed by atoms with E-state index < -0.39 is 0 Å². The van der Waals surface area contributed by atoms with E-state index in [9.17, 15) is 4.79 Å². The van der Waals surface area contributed by atoms with Crippen LogP contribution in [0.15, 0.2) is 6.20 Å². The first-order valence-corrected chi connectivity index (χ1v) is 4.71.